The highest BCUT2D eigenvalue weighted by Gasteiger charge is 2.44. The lowest BCUT2D eigenvalue weighted by Crippen LogP contribution is -2.58. The molecule has 0 N–H and O–H groups in total. The zero-order valence-electron chi connectivity index (χ0n) is 17.4. The van der Waals surface area contributed by atoms with E-state index in [0.717, 1.165) is 44.0 Å². The number of alkyl halides is 3. The Hall–Kier alpha value is -0.860. The zero-order chi connectivity index (χ0) is 20.5. The molecule has 2 aliphatic heterocycles. The van der Waals surface area contributed by atoms with Crippen molar-refractivity contribution in [1.29, 1.82) is 0 Å². The lowest BCUT2D eigenvalue weighted by Gasteiger charge is -2.46. The Bertz CT molecular complexity index is 500. The van der Waals surface area contributed by atoms with Gasteiger partial charge in [-0.3, -0.25) is 14.6 Å². The second-order valence-electron chi connectivity index (χ2n) is 9.34. The van der Waals surface area contributed by atoms with E-state index in [0.29, 0.717) is 13.1 Å². The molecule has 0 saturated carbocycles. The predicted molar refractivity (Wildman–Crippen MR) is 101 cm³/mol. The van der Waals surface area contributed by atoms with Crippen LogP contribution in [0.15, 0.2) is 0 Å². The Morgan fingerprint density at radius 3 is 1.70 bits per heavy atom. The third-order valence-electron chi connectivity index (χ3n) is 6.03. The molecule has 2 rings (SSSR count). The van der Waals surface area contributed by atoms with Crippen molar-refractivity contribution in [1.82, 2.24) is 19.6 Å². The molecule has 27 heavy (non-hydrogen) atoms. The molecule has 2 aliphatic rings. The van der Waals surface area contributed by atoms with Crippen molar-refractivity contribution in [2.75, 3.05) is 58.9 Å². The Morgan fingerprint density at radius 1 is 0.778 bits per heavy atom. The molecule has 8 heteroatoms. The highest BCUT2D eigenvalue weighted by atomic mass is 19.4. The molecule has 158 valence electrons. The summed E-state index contributed by atoms with van der Waals surface area (Å²) in [6.07, 6.45) is -3.80. The van der Waals surface area contributed by atoms with Crippen molar-refractivity contribution in [3.05, 3.63) is 0 Å². The second-order valence-corrected chi connectivity index (χ2v) is 9.34. The highest BCUT2D eigenvalue weighted by molar-refractivity contribution is 5.81. The minimum absolute atomic E-state index is 0.0888. The van der Waals surface area contributed by atoms with E-state index in [1.165, 1.54) is 0 Å². The first-order valence-electron chi connectivity index (χ1n) is 9.89. The lowest BCUT2D eigenvalue weighted by molar-refractivity contribution is -0.187. The van der Waals surface area contributed by atoms with Crippen LogP contribution in [-0.4, -0.2) is 102 Å². The van der Waals surface area contributed by atoms with Crippen molar-refractivity contribution < 1.29 is 18.0 Å². The molecule has 1 amide bonds. The largest absolute Gasteiger partial charge is 0.471 e. The molecular formula is C19H35F3N4O. The van der Waals surface area contributed by atoms with Crippen molar-refractivity contribution >= 4 is 5.91 Å². The number of amides is 1. The average Bonchev–Trinajstić information content (AvgIpc) is 2.58. The number of carbonyl (C=O) groups excluding carboxylic acids is 1. The van der Waals surface area contributed by atoms with E-state index >= 15 is 0 Å². The van der Waals surface area contributed by atoms with Gasteiger partial charge in [0.1, 0.15) is 0 Å². The number of rotatable bonds is 4. The van der Waals surface area contributed by atoms with Crippen LogP contribution in [0.25, 0.3) is 0 Å². The molecule has 0 atom stereocenters. The Labute approximate surface area is 161 Å². The summed E-state index contributed by atoms with van der Waals surface area (Å²) in [4.78, 5) is 19.5. The quantitative estimate of drug-likeness (QED) is 0.734. The first-order valence-corrected chi connectivity index (χ1v) is 9.89. The number of piperazine rings is 2. The first-order chi connectivity index (χ1) is 12.3. The molecule has 2 saturated heterocycles. The van der Waals surface area contributed by atoms with Gasteiger partial charge in [-0.15, -0.1) is 0 Å². The number of halogens is 3. The fraction of sp³-hybridized carbons (Fsp3) is 0.947. The summed E-state index contributed by atoms with van der Waals surface area (Å²) >= 11 is 0. The normalized spacial score (nSPS) is 22.3. The fourth-order valence-electron chi connectivity index (χ4n) is 3.93. The minimum atomic E-state index is -4.77. The predicted octanol–water partition coefficient (Wildman–Crippen LogP) is 2.28. The van der Waals surface area contributed by atoms with Crippen LogP contribution in [0.5, 0.6) is 0 Å². The van der Waals surface area contributed by atoms with E-state index in [1.54, 1.807) is 0 Å². The summed E-state index contributed by atoms with van der Waals surface area (Å²) in [5, 5.41) is 0. The summed E-state index contributed by atoms with van der Waals surface area (Å²) in [7, 11) is 0. The van der Waals surface area contributed by atoms with Crippen LogP contribution in [0.1, 0.15) is 41.0 Å². The van der Waals surface area contributed by atoms with Gasteiger partial charge in [0, 0.05) is 63.4 Å². The topological polar surface area (TPSA) is 30.0 Å². The molecular weight excluding hydrogens is 357 g/mol. The first kappa shape index (κ1) is 22.4. The van der Waals surface area contributed by atoms with Crippen LogP contribution in [0, 0.1) is 0 Å². The number of carbonyl (C=O) groups is 1. The fourth-order valence-corrected chi connectivity index (χ4v) is 3.93. The van der Waals surface area contributed by atoms with E-state index in [-0.39, 0.29) is 24.2 Å². The van der Waals surface area contributed by atoms with Crippen LogP contribution < -0.4 is 0 Å². The minimum Gasteiger partial charge on any atom is -0.332 e. The van der Waals surface area contributed by atoms with Gasteiger partial charge in [-0.05, 0) is 47.6 Å². The maximum absolute atomic E-state index is 12.6. The van der Waals surface area contributed by atoms with Crippen molar-refractivity contribution in [2.45, 2.75) is 58.3 Å². The number of nitrogens with zero attached hydrogens (tertiary/aromatic N) is 4. The zero-order valence-corrected chi connectivity index (χ0v) is 17.4. The smallest absolute Gasteiger partial charge is 0.332 e. The van der Waals surface area contributed by atoms with Crippen LogP contribution in [0.2, 0.25) is 0 Å². The van der Waals surface area contributed by atoms with Gasteiger partial charge in [-0.1, -0.05) is 0 Å². The summed E-state index contributed by atoms with van der Waals surface area (Å²) in [6, 6.07) is 0. The molecule has 2 heterocycles. The van der Waals surface area contributed by atoms with Crippen LogP contribution >= 0.6 is 0 Å². The van der Waals surface area contributed by atoms with Gasteiger partial charge in [0.25, 0.3) is 0 Å². The molecule has 0 bridgehead atoms. The third-order valence-corrected chi connectivity index (χ3v) is 6.03. The molecule has 0 aliphatic carbocycles. The van der Waals surface area contributed by atoms with Gasteiger partial charge >= 0.3 is 12.1 Å². The number of hydrogen-bond donors (Lipinski definition) is 0. The molecule has 0 spiro atoms. The van der Waals surface area contributed by atoms with Gasteiger partial charge in [0.15, 0.2) is 0 Å². The van der Waals surface area contributed by atoms with Crippen molar-refractivity contribution in [3.8, 4) is 0 Å². The Kier molecular flexibility index (Phi) is 6.85. The van der Waals surface area contributed by atoms with E-state index < -0.39 is 12.1 Å². The van der Waals surface area contributed by atoms with E-state index in [4.69, 9.17) is 0 Å². The van der Waals surface area contributed by atoms with Crippen LogP contribution in [0.3, 0.4) is 0 Å². The molecule has 0 radical (unpaired) electrons. The van der Waals surface area contributed by atoms with Gasteiger partial charge in [-0.25, -0.2) is 0 Å². The molecule has 0 aromatic heterocycles. The van der Waals surface area contributed by atoms with Gasteiger partial charge in [-0.2, -0.15) is 13.2 Å². The van der Waals surface area contributed by atoms with Gasteiger partial charge in [0.2, 0.25) is 0 Å². The molecule has 2 fully saturated rings. The summed E-state index contributed by atoms with van der Waals surface area (Å²) < 4.78 is 37.7. The summed E-state index contributed by atoms with van der Waals surface area (Å²) in [5.41, 5.74) is 0.118. The Morgan fingerprint density at radius 2 is 1.26 bits per heavy atom. The molecule has 5 nitrogen and oxygen atoms in total. The van der Waals surface area contributed by atoms with Crippen molar-refractivity contribution in [2.24, 2.45) is 0 Å². The lowest BCUT2D eigenvalue weighted by atomic mass is 9.96. The summed E-state index contributed by atoms with van der Waals surface area (Å²) in [6.45, 7) is 17.6. The molecule has 0 aromatic rings. The van der Waals surface area contributed by atoms with E-state index in [2.05, 4.69) is 49.3 Å². The SMILES string of the molecule is CC(C)(C)N1CCN(CCC(C)(C)N2CCN(C(=O)C(F)(F)F)CC2)CC1. The monoisotopic (exact) mass is 392 g/mol. The molecule has 0 aromatic carbocycles. The number of hydrogen-bond acceptors (Lipinski definition) is 4. The molecule has 0 unspecified atom stereocenters. The van der Waals surface area contributed by atoms with E-state index in [1.807, 2.05) is 0 Å². The summed E-state index contributed by atoms with van der Waals surface area (Å²) in [5.74, 6) is -1.71. The standard InChI is InChI=1S/C19H35F3N4O/c1-17(2,3)25-12-8-23(9-13-25)7-6-18(4,5)26-14-10-24(11-15-26)16(27)19(20,21)22/h6-15H2,1-5H3. The van der Waals surface area contributed by atoms with E-state index in [9.17, 15) is 18.0 Å². The van der Waals surface area contributed by atoms with Crippen LogP contribution in [-0.2, 0) is 4.79 Å². The second kappa shape index (κ2) is 8.25. The van der Waals surface area contributed by atoms with Gasteiger partial charge < -0.3 is 9.80 Å². The highest BCUT2D eigenvalue weighted by Crippen LogP contribution is 2.25. The van der Waals surface area contributed by atoms with Crippen molar-refractivity contribution in [3.63, 3.8) is 0 Å². The van der Waals surface area contributed by atoms with Gasteiger partial charge in [0.05, 0.1) is 0 Å². The Balaban J connectivity index is 1.77. The average molecular weight is 393 g/mol. The maximum Gasteiger partial charge on any atom is 0.471 e. The third kappa shape index (κ3) is 6.06. The van der Waals surface area contributed by atoms with Crippen LogP contribution in [0.4, 0.5) is 13.2 Å². The maximum atomic E-state index is 12.6.